The zero-order chi connectivity index (χ0) is 21.3. The van der Waals surface area contributed by atoms with Crippen LogP contribution in [-0.2, 0) is 6.42 Å². The number of hydrogen-bond donors (Lipinski definition) is 2. The fourth-order valence-electron chi connectivity index (χ4n) is 3.69. The fraction of sp³-hybridized carbons (Fsp3) is 0.261. The van der Waals surface area contributed by atoms with Crippen molar-refractivity contribution < 1.29 is 14.7 Å². The zero-order valence-corrected chi connectivity index (χ0v) is 16.8. The lowest BCUT2D eigenvalue weighted by molar-refractivity contribution is 0.162. The minimum atomic E-state index is -1.04. The first kappa shape index (κ1) is 19.8. The molecule has 0 saturated heterocycles. The molecule has 1 aliphatic rings. The molecular formula is C23H23N3O4. The van der Waals surface area contributed by atoms with Gasteiger partial charge in [0.05, 0.1) is 6.20 Å². The first-order valence-electron chi connectivity index (χ1n) is 9.81. The Morgan fingerprint density at radius 3 is 2.77 bits per heavy atom. The Labute approximate surface area is 173 Å². The van der Waals surface area contributed by atoms with Gasteiger partial charge >= 0.3 is 0 Å². The summed E-state index contributed by atoms with van der Waals surface area (Å²) in [6.45, 7) is 3.76. The van der Waals surface area contributed by atoms with E-state index in [9.17, 15) is 15.0 Å². The van der Waals surface area contributed by atoms with Gasteiger partial charge in [-0.3, -0.25) is 4.79 Å². The Hall–Kier alpha value is -3.45. The molecule has 0 spiro atoms. The molecule has 2 unspecified atom stereocenters. The minimum absolute atomic E-state index is 0.0920. The number of aromatic hydroxyl groups is 1. The highest BCUT2D eigenvalue weighted by atomic mass is 16.5. The van der Waals surface area contributed by atoms with E-state index in [2.05, 4.69) is 35.3 Å². The maximum Gasteiger partial charge on any atom is 0.223 e. The molecule has 154 valence electrons. The Balaban J connectivity index is 1.75. The van der Waals surface area contributed by atoms with Crippen LogP contribution < -0.4 is 5.43 Å². The van der Waals surface area contributed by atoms with Crippen LogP contribution in [0.1, 0.15) is 42.4 Å². The zero-order valence-electron chi connectivity index (χ0n) is 16.8. The Kier molecular flexibility index (Phi) is 5.37. The summed E-state index contributed by atoms with van der Waals surface area (Å²) in [7, 11) is 0. The van der Waals surface area contributed by atoms with Crippen molar-refractivity contribution >= 4 is 11.3 Å². The van der Waals surface area contributed by atoms with Gasteiger partial charge in [-0.15, -0.1) is 0 Å². The molecule has 0 radical (unpaired) electrons. The van der Waals surface area contributed by atoms with E-state index >= 15 is 0 Å². The Morgan fingerprint density at radius 2 is 2.07 bits per heavy atom. The van der Waals surface area contributed by atoms with E-state index in [-0.39, 0.29) is 23.9 Å². The van der Waals surface area contributed by atoms with E-state index in [0.29, 0.717) is 11.6 Å². The summed E-state index contributed by atoms with van der Waals surface area (Å²) < 4.78 is 6.68. The lowest BCUT2D eigenvalue weighted by atomic mass is 9.89. The van der Waals surface area contributed by atoms with Crippen LogP contribution in [-0.4, -0.2) is 24.9 Å². The predicted molar refractivity (Wildman–Crippen MR) is 113 cm³/mol. The van der Waals surface area contributed by atoms with E-state index in [4.69, 9.17) is 4.52 Å². The molecule has 2 heterocycles. The van der Waals surface area contributed by atoms with E-state index in [1.807, 2.05) is 24.3 Å². The van der Waals surface area contributed by atoms with Gasteiger partial charge in [-0.2, -0.15) is 4.98 Å². The molecule has 7 nitrogen and oxygen atoms in total. The standard InChI is InChI=1S/C23H23N3O4/c1-14-8-17(16-6-4-3-5-7-16)10-18(9-14)26-13-22(29)20(27)11-19(26)12-21(28)23-24-15(2)30-25-23/h3-7,9-11,13-14,21,28-29H,8,12H2,1-2H3. The van der Waals surface area contributed by atoms with E-state index in [1.165, 1.54) is 17.8 Å². The van der Waals surface area contributed by atoms with Crippen LogP contribution in [0.15, 0.2) is 64.1 Å². The summed E-state index contributed by atoms with van der Waals surface area (Å²) in [5.41, 5.74) is 3.16. The first-order chi connectivity index (χ1) is 14.4. The summed E-state index contributed by atoms with van der Waals surface area (Å²) in [6, 6.07) is 11.4. The second-order valence-electron chi connectivity index (χ2n) is 7.58. The monoisotopic (exact) mass is 405 g/mol. The van der Waals surface area contributed by atoms with Gasteiger partial charge in [-0.25, -0.2) is 0 Å². The summed E-state index contributed by atoms with van der Waals surface area (Å²) in [5, 5.41) is 24.4. The number of pyridine rings is 1. The first-order valence-corrected chi connectivity index (χ1v) is 9.81. The summed E-state index contributed by atoms with van der Waals surface area (Å²) in [5.74, 6) is 0.425. The van der Waals surface area contributed by atoms with Crippen LogP contribution in [0.4, 0.5) is 0 Å². The average molecular weight is 405 g/mol. The van der Waals surface area contributed by atoms with Gasteiger partial charge in [0, 0.05) is 30.8 Å². The molecule has 2 N–H and O–H groups in total. The quantitative estimate of drug-likeness (QED) is 0.674. The van der Waals surface area contributed by atoms with E-state index in [1.54, 1.807) is 11.5 Å². The van der Waals surface area contributed by atoms with Crippen LogP contribution >= 0.6 is 0 Å². The predicted octanol–water partition coefficient (Wildman–Crippen LogP) is 3.49. The average Bonchev–Trinajstić information content (AvgIpc) is 3.17. The van der Waals surface area contributed by atoms with Crippen molar-refractivity contribution in [3.8, 4) is 5.75 Å². The lowest BCUT2D eigenvalue weighted by Gasteiger charge is -2.23. The molecule has 1 aliphatic carbocycles. The van der Waals surface area contributed by atoms with Crippen LogP contribution in [0.25, 0.3) is 11.3 Å². The number of aliphatic hydroxyl groups is 1. The summed E-state index contributed by atoms with van der Waals surface area (Å²) in [6.07, 6.45) is 5.47. The largest absolute Gasteiger partial charge is 0.503 e. The summed E-state index contributed by atoms with van der Waals surface area (Å²) >= 11 is 0. The van der Waals surface area contributed by atoms with E-state index < -0.39 is 11.5 Å². The molecule has 0 saturated carbocycles. The van der Waals surface area contributed by atoms with Crippen LogP contribution in [0.2, 0.25) is 0 Å². The van der Waals surface area contributed by atoms with Crippen molar-refractivity contribution in [3.05, 3.63) is 87.9 Å². The summed E-state index contributed by atoms with van der Waals surface area (Å²) in [4.78, 5) is 16.2. The molecule has 4 rings (SSSR count). The number of benzene rings is 1. The molecule has 1 aromatic carbocycles. The van der Waals surface area contributed by atoms with Crippen molar-refractivity contribution in [1.29, 1.82) is 0 Å². The molecule has 30 heavy (non-hydrogen) atoms. The van der Waals surface area contributed by atoms with Crippen LogP contribution in [0.3, 0.4) is 0 Å². The number of aromatic nitrogens is 3. The highest BCUT2D eigenvalue weighted by Crippen LogP contribution is 2.32. The third-order valence-electron chi connectivity index (χ3n) is 5.10. The Bertz CT molecular complexity index is 1170. The highest BCUT2D eigenvalue weighted by Gasteiger charge is 2.20. The van der Waals surface area contributed by atoms with Crippen molar-refractivity contribution in [2.45, 2.75) is 32.8 Å². The van der Waals surface area contributed by atoms with Crippen molar-refractivity contribution in [2.24, 2.45) is 5.92 Å². The molecule has 0 amide bonds. The molecule has 0 fully saturated rings. The SMILES string of the molecule is Cc1nc(C(O)Cc2cc(=O)c(O)cn2C2=CC(C)CC(c3ccccc3)=C2)no1. The molecule has 2 atom stereocenters. The third-order valence-corrected chi connectivity index (χ3v) is 5.10. The second kappa shape index (κ2) is 8.12. The van der Waals surface area contributed by atoms with E-state index in [0.717, 1.165) is 17.7 Å². The number of allylic oxidation sites excluding steroid dienone is 4. The number of hydrogen-bond acceptors (Lipinski definition) is 6. The number of rotatable bonds is 5. The molecule has 3 aromatic rings. The third kappa shape index (κ3) is 4.11. The van der Waals surface area contributed by atoms with Gasteiger partial charge in [-0.05, 0) is 29.6 Å². The van der Waals surface area contributed by atoms with Gasteiger partial charge in [0.2, 0.25) is 17.1 Å². The number of nitrogens with zero attached hydrogens (tertiary/aromatic N) is 3. The molecule has 7 heteroatoms. The van der Waals surface area contributed by atoms with Gasteiger partial charge in [0.15, 0.2) is 5.75 Å². The van der Waals surface area contributed by atoms with Crippen molar-refractivity contribution in [3.63, 3.8) is 0 Å². The normalized spacial score (nSPS) is 17.4. The van der Waals surface area contributed by atoms with Crippen molar-refractivity contribution in [1.82, 2.24) is 14.7 Å². The highest BCUT2D eigenvalue weighted by molar-refractivity contribution is 5.79. The minimum Gasteiger partial charge on any atom is -0.503 e. The fourth-order valence-corrected chi connectivity index (χ4v) is 3.69. The molecular weight excluding hydrogens is 382 g/mol. The lowest BCUT2D eigenvalue weighted by Crippen LogP contribution is -2.16. The van der Waals surface area contributed by atoms with Gasteiger partial charge < -0.3 is 19.3 Å². The number of aryl methyl sites for hydroxylation is 1. The molecule has 0 bridgehead atoms. The van der Waals surface area contributed by atoms with Crippen molar-refractivity contribution in [2.75, 3.05) is 0 Å². The Morgan fingerprint density at radius 1 is 1.30 bits per heavy atom. The smallest absolute Gasteiger partial charge is 0.223 e. The maximum atomic E-state index is 12.1. The maximum absolute atomic E-state index is 12.1. The molecule has 2 aromatic heterocycles. The second-order valence-corrected chi connectivity index (χ2v) is 7.58. The topological polar surface area (TPSA) is 101 Å². The van der Waals surface area contributed by atoms with Gasteiger partial charge in [0.25, 0.3) is 0 Å². The van der Waals surface area contributed by atoms with Gasteiger partial charge in [0.1, 0.15) is 6.10 Å². The van der Waals surface area contributed by atoms with Crippen LogP contribution in [0.5, 0.6) is 5.75 Å². The molecule has 0 aliphatic heterocycles. The van der Waals surface area contributed by atoms with Crippen LogP contribution in [0, 0.1) is 12.8 Å². The van der Waals surface area contributed by atoms with Gasteiger partial charge in [-0.1, -0.05) is 48.5 Å². The number of aliphatic hydroxyl groups excluding tert-OH is 1.